The molecule has 4 aromatic carbocycles. The number of likely N-dealkylation sites (N-methyl/N-ethyl adjacent to an activating group) is 1. The zero-order chi connectivity index (χ0) is 42.6. The molecule has 5 N–H and O–H groups in total. The molecule has 0 aliphatic carbocycles. The number of nitrogens with two attached hydrogens (primary N) is 2. The molecule has 12 nitrogen and oxygen atoms in total. The number of nitrogens with one attached hydrogen (secondary N) is 1. The number of aliphatic imine (C=N–C) groups is 2. The molecule has 14 heteroatoms. The summed E-state index contributed by atoms with van der Waals surface area (Å²) in [6, 6.07) is 33.6. The Labute approximate surface area is 355 Å². The Bertz CT molecular complexity index is 2370. The highest BCUT2D eigenvalue weighted by molar-refractivity contribution is 5.78. The van der Waals surface area contributed by atoms with Crippen LogP contribution in [-0.4, -0.2) is 96.3 Å². The van der Waals surface area contributed by atoms with Crippen LogP contribution in [0.4, 0.5) is 8.78 Å². The van der Waals surface area contributed by atoms with Crippen LogP contribution < -0.4 is 16.8 Å². The van der Waals surface area contributed by atoms with Gasteiger partial charge in [0.1, 0.15) is 29.6 Å². The number of guanidine groups is 2. The molecule has 0 saturated carbocycles. The Morgan fingerprint density at radius 2 is 1.26 bits per heavy atom. The minimum Gasteiger partial charge on any atom is -0.370 e. The van der Waals surface area contributed by atoms with E-state index >= 15 is 0 Å². The van der Waals surface area contributed by atoms with Crippen LogP contribution in [0.15, 0.2) is 128 Å². The molecule has 6 aromatic rings. The minimum absolute atomic E-state index is 0.101. The lowest BCUT2D eigenvalue weighted by molar-refractivity contribution is 0.213. The number of nitrogens with zero attached hydrogens (tertiary/aromatic N) is 7. The number of aromatic nitrogens is 2. The van der Waals surface area contributed by atoms with Gasteiger partial charge >= 0.3 is 0 Å². The van der Waals surface area contributed by atoms with Crippen LogP contribution in [-0.2, 0) is 25.9 Å². The largest absolute Gasteiger partial charge is 0.370 e. The molecule has 2 aromatic heterocycles. The van der Waals surface area contributed by atoms with Gasteiger partial charge in [-0.1, -0.05) is 102 Å². The van der Waals surface area contributed by atoms with E-state index in [-0.39, 0.29) is 17.6 Å². The van der Waals surface area contributed by atoms with Crippen LogP contribution >= 0.6 is 0 Å². The second-order valence-corrected chi connectivity index (χ2v) is 15.4. The molecule has 318 valence electrons. The quantitative estimate of drug-likeness (QED) is 0.0954. The van der Waals surface area contributed by atoms with Crippen molar-refractivity contribution < 1.29 is 17.8 Å². The minimum atomic E-state index is -0.246. The molecule has 1 atom stereocenters. The Kier molecular flexibility index (Phi) is 14.5. The van der Waals surface area contributed by atoms with Gasteiger partial charge < -0.3 is 40.5 Å². The summed E-state index contributed by atoms with van der Waals surface area (Å²) in [6.07, 6.45) is 1.32. The van der Waals surface area contributed by atoms with Gasteiger partial charge in [0.2, 0.25) is 0 Å². The van der Waals surface area contributed by atoms with E-state index in [1.54, 1.807) is 12.1 Å². The maximum absolute atomic E-state index is 14.7. The first-order chi connectivity index (χ1) is 29.7. The van der Waals surface area contributed by atoms with Gasteiger partial charge in [-0.05, 0) is 47.9 Å². The smallest absolute Gasteiger partial charge is 0.191 e. The Morgan fingerprint density at radius 3 is 1.90 bits per heavy atom. The molecule has 2 saturated heterocycles. The molecule has 4 heterocycles. The van der Waals surface area contributed by atoms with Gasteiger partial charge in [0.05, 0.1) is 12.2 Å². The van der Waals surface area contributed by atoms with E-state index in [1.165, 1.54) is 0 Å². The number of halogens is 2. The first-order valence-corrected chi connectivity index (χ1v) is 20.8. The topological polar surface area (TPSA) is 151 Å². The summed E-state index contributed by atoms with van der Waals surface area (Å²) >= 11 is 0. The van der Waals surface area contributed by atoms with Gasteiger partial charge in [-0.2, -0.15) is 0 Å². The number of aryl methyl sites for hydroxylation is 2. The third-order valence-electron chi connectivity index (χ3n) is 11.1. The van der Waals surface area contributed by atoms with E-state index < -0.39 is 0 Å². The van der Waals surface area contributed by atoms with Gasteiger partial charge in [0.25, 0.3) is 0 Å². The average molecular weight is 829 g/mol. The molecule has 0 amide bonds. The van der Waals surface area contributed by atoms with Crippen LogP contribution in [0.3, 0.4) is 0 Å². The summed E-state index contributed by atoms with van der Waals surface area (Å²) in [6.45, 7) is 9.94. The molecule has 2 fully saturated rings. The lowest BCUT2D eigenvalue weighted by Crippen LogP contribution is -2.49. The molecular formula is C47H54F2N10O2. The fourth-order valence-corrected chi connectivity index (χ4v) is 7.26. The van der Waals surface area contributed by atoms with Crippen molar-refractivity contribution in [3.05, 3.63) is 155 Å². The second-order valence-electron chi connectivity index (χ2n) is 15.4. The predicted molar refractivity (Wildman–Crippen MR) is 236 cm³/mol. The van der Waals surface area contributed by atoms with E-state index in [4.69, 9.17) is 20.5 Å². The number of hydrogen-bond donors (Lipinski definition) is 3. The fourth-order valence-electron chi connectivity index (χ4n) is 7.26. The van der Waals surface area contributed by atoms with E-state index in [0.717, 1.165) is 91.8 Å². The molecule has 0 radical (unpaired) electrons. The number of benzene rings is 4. The van der Waals surface area contributed by atoms with Crippen molar-refractivity contribution in [3.63, 3.8) is 0 Å². The third-order valence-corrected chi connectivity index (χ3v) is 11.1. The molecule has 1 unspecified atom stereocenters. The van der Waals surface area contributed by atoms with Crippen LogP contribution in [0.2, 0.25) is 0 Å². The molecule has 61 heavy (non-hydrogen) atoms. The van der Waals surface area contributed by atoms with Crippen molar-refractivity contribution in [1.29, 1.82) is 0 Å². The predicted octanol–water partition coefficient (Wildman–Crippen LogP) is 6.68. The van der Waals surface area contributed by atoms with Crippen molar-refractivity contribution in [3.8, 4) is 22.3 Å². The second kappa shape index (κ2) is 20.7. The van der Waals surface area contributed by atoms with Gasteiger partial charge in [-0.3, -0.25) is 0 Å². The van der Waals surface area contributed by atoms with Crippen molar-refractivity contribution in [2.24, 2.45) is 21.5 Å². The normalized spacial score (nSPS) is 15.7. The highest BCUT2D eigenvalue weighted by atomic mass is 19.1. The van der Waals surface area contributed by atoms with Gasteiger partial charge in [0.15, 0.2) is 17.7 Å². The summed E-state index contributed by atoms with van der Waals surface area (Å²) in [7, 11) is 2.10. The van der Waals surface area contributed by atoms with Crippen molar-refractivity contribution >= 4 is 11.9 Å². The summed E-state index contributed by atoms with van der Waals surface area (Å²) < 4.78 is 40.1. The zero-order valence-corrected chi connectivity index (χ0v) is 34.8. The van der Waals surface area contributed by atoms with Crippen LogP contribution in [0.5, 0.6) is 0 Å². The summed E-state index contributed by atoms with van der Waals surface area (Å²) in [4.78, 5) is 15.3. The van der Waals surface area contributed by atoms with Crippen molar-refractivity contribution in [1.82, 2.24) is 30.3 Å². The SMILES string of the molecule is CC(c1ccc(-c2ccccc2)c(F)c1)c1cc(CN=C(N)N2CCN(C)CC2)on1.NC(=NCc1cc(CCc2ccc(-c3ccccc3)c(F)c2)on1)N1CCNCC1. The third kappa shape index (κ3) is 11.7. The first-order valence-electron chi connectivity index (χ1n) is 20.8. The molecule has 0 spiro atoms. The first kappa shape index (κ1) is 42.7. The van der Waals surface area contributed by atoms with E-state index in [1.807, 2.05) is 104 Å². The summed E-state index contributed by atoms with van der Waals surface area (Å²) in [5.41, 5.74) is 18.4. The average Bonchev–Trinajstić information content (AvgIpc) is 3.98. The number of piperazine rings is 2. The lowest BCUT2D eigenvalue weighted by Gasteiger charge is -2.32. The van der Waals surface area contributed by atoms with E-state index in [0.29, 0.717) is 54.7 Å². The number of hydrogen-bond acceptors (Lipinski definition) is 8. The van der Waals surface area contributed by atoms with E-state index in [9.17, 15) is 8.78 Å². The van der Waals surface area contributed by atoms with Crippen molar-refractivity contribution in [2.75, 3.05) is 59.4 Å². The van der Waals surface area contributed by atoms with Crippen LogP contribution in [0, 0.1) is 11.6 Å². The Morgan fingerprint density at radius 1 is 0.672 bits per heavy atom. The fraction of sp³-hybridized carbons (Fsp3) is 0.319. The summed E-state index contributed by atoms with van der Waals surface area (Å²) in [5.74, 6) is 1.90. The lowest BCUT2D eigenvalue weighted by atomic mass is 9.94. The maximum atomic E-state index is 14.7. The molecule has 8 rings (SSSR count). The van der Waals surface area contributed by atoms with E-state index in [2.05, 4.69) is 47.4 Å². The molecule has 2 aliphatic rings. The van der Waals surface area contributed by atoms with Crippen molar-refractivity contribution in [2.45, 2.75) is 38.8 Å². The van der Waals surface area contributed by atoms with Gasteiger partial charge in [0, 0.05) is 88.0 Å². The monoisotopic (exact) mass is 828 g/mol. The van der Waals surface area contributed by atoms with Gasteiger partial charge in [-0.15, -0.1) is 0 Å². The summed E-state index contributed by atoms with van der Waals surface area (Å²) in [5, 5.41) is 11.5. The number of rotatable bonds is 11. The highest BCUT2D eigenvalue weighted by Gasteiger charge is 2.19. The van der Waals surface area contributed by atoms with Crippen LogP contribution in [0.1, 0.15) is 46.9 Å². The van der Waals surface area contributed by atoms with Gasteiger partial charge in [-0.25, -0.2) is 18.8 Å². The van der Waals surface area contributed by atoms with Crippen LogP contribution in [0.25, 0.3) is 22.3 Å². The standard InChI is InChI=1S/C24H28FN5O.C23H26FN5O/c1-17(19-8-9-21(22(25)14-19)18-6-4-3-5-7-18)23-15-20(31-28-23)16-27-24(26)30-12-10-29(2)11-13-30;24-22-14-17(7-9-21(22)18-4-2-1-3-5-18)6-8-20-15-19(28-30-20)16-27-23(25)29-12-10-26-11-13-29/h3-9,14-15,17H,10-13,16H2,1-2H3,(H2,26,27);1-5,7,9,14-15,26H,6,8,10-13,16H2,(H2,25,27). The molecule has 0 bridgehead atoms. The Hall–Kier alpha value is -6.38. The Balaban J connectivity index is 0.000000184. The molecule has 2 aliphatic heterocycles. The highest BCUT2D eigenvalue weighted by Crippen LogP contribution is 2.30. The molecular weight excluding hydrogens is 775 g/mol. The maximum Gasteiger partial charge on any atom is 0.191 e. The zero-order valence-electron chi connectivity index (χ0n) is 34.8.